The molecule has 13 heavy (non-hydrogen) atoms. The standard InChI is InChI=1S/C8H13FO3S/c9-13(10,11)5-7-3-4-8(12-7)6-1-2-6/h6-8H,1-5H2. The van der Waals surface area contributed by atoms with E-state index in [4.69, 9.17) is 4.74 Å². The molecule has 1 saturated heterocycles. The van der Waals surface area contributed by atoms with Crippen molar-refractivity contribution in [2.45, 2.75) is 37.9 Å². The van der Waals surface area contributed by atoms with Crippen molar-refractivity contribution in [2.24, 2.45) is 5.92 Å². The summed E-state index contributed by atoms with van der Waals surface area (Å²) in [6.07, 6.45) is 3.74. The summed E-state index contributed by atoms with van der Waals surface area (Å²) in [4.78, 5) is 0. The van der Waals surface area contributed by atoms with Crippen LogP contribution in [0.4, 0.5) is 3.89 Å². The summed E-state index contributed by atoms with van der Waals surface area (Å²) in [6.45, 7) is 0. The third-order valence-electron chi connectivity index (χ3n) is 2.67. The van der Waals surface area contributed by atoms with Gasteiger partial charge in [0.2, 0.25) is 0 Å². The average Bonchev–Trinajstić information content (AvgIpc) is 2.72. The van der Waals surface area contributed by atoms with Crippen LogP contribution in [0.15, 0.2) is 0 Å². The molecule has 0 aromatic heterocycles. The summed E-state index contributed by atoms with van der Waals surface area (Å²) < 4.78 is 38.4. The number of ether oxygens (including phenoxy) is 1. The Balaban J connectivity index is 1.84. The Morgan fingerprint density at radius 1 is 1.23 bits per heavy atom. The van der Waals surface area contributed by atoms with Gasteiger partial charge >= 0.3 is 10.2 Å². The molecular weight excluding hydrogens is 195 g/mol. The van der Waals surface area contributed by atoms with Gasteiger partial charge in [0.05, 0.1) is 12.2 Å². The fourth-order valence-electron chi connectivity index (χ4n) is 1.89. The number of halogens is 1. The highest BCUT2D eigenvalue weighted by molar-refractivity contribution is 7.86. The lowest BCUT2D eigenvalue weighted by Gasteiger charge is -2.10. The molecule has 1 heterocycles. The fourth-order valence-corrected chi connectivity index (χ4v) is 2.58. The van der Waals surface area contributed by atoms with Gasteiger partial charge in [0.25, 0.3) is 0 Å². The molecule has 1 aliphatic heterocycles. The zero-order valence-corrected chi connectivity index (χ0v) is 8.10. The molecule has 1 saturated carbocycles. The topological polar surface area (TPSA) is 43.4 Å². The quantitative estimate of drug-likeness (QED) is 0.655. The van der Waals surface area contributed by atoms with Crippen LogP contribution in [0.25, 0.3) is 0 Å². The van der Waals surface area contributed by atoms with E-state index in [0.29, 0.717) is 12.3 Å². The van der Waals surface area contributed by atoms with E-state index in [9.17, 15) is 12.3 Å². The molecule has 0 aromatic carbocycles. The Morgan fingerprint density at radius 3 is 2.46 bits per heavy atom. The van der Waals surface area contributed by atoms with E-state index < -0.39 is 22.1 Å². The summed E-state index contributed by atoms with van der Waals surface area (Å²) in [6, 6.07) is 0. The lowest BCUT2D eigenvalue weighted by molar-refractivity contribution is 0.0442. The van der Waals surface area contributed by atoms with Crippen LogP contribution >= 0.6 is 0 Å². The highest BCUT2D eigenvalue weighted by atomic mass is 32.3. The smallest absolute Gasteiger partial charge is 0.304 e. The Hall–Kier alpha value is -0.160. The Morgan fingerprint density at radius 2 is 1.92 bits per heavy atom. The molecule has 2 fully saturated rings. The molecule has 0 aromatic rings. The molecule has 0 N–H and O–H groups in total. The third kappa shape index (κ3) is 2.64. The van der Waals surface area contributed by atoms with Crippen molar-refractivity contribution < 1.29 is 17.0 Å². The summed E-state index contributed by atoms with van der Waals surface area (Å²) in [5.41, 5.74) is 0. The van der Waals surface area contributed by atoms with Gasteiger partial charge in [-0.1, -0.05) is 0 Å². The van der Waals surface area contributed by atoms with Crippen molar-refractivity contribution in [1.82, 2.24) is 0 Å². The van der Waals surface area contributed by atoms with Gasteiger partial charge in [0.15, 0.2) is 0 Å². The fraction of sp³-hybridized carbons (Fsp3) is 1.00. The van der Waals surface area contributed by atoms with E-state index in [1.807, 2.05) is 0 Å². The molecule has 2 rings (SSSR count). The Labute approximate surface area is 77.5 Å². The molecule has 2 aliphatic rings. The highest BCUT2D eigenvalue weighted by Crippen LogP contribution is 2.40. The van der Waals surface area contributed by atoms with Crippen LogP contribution in [0.5, 0.6) is 0 Å². The Kier molecular flexibility index (Phi) is 2.32. The van der Waals surface area contributed by atoms with Gasteiger partial charge in [0, 0.05) is 0 Å². The zero-order chi connectivity index (χ0) is 9.47. The third-order valence-corrected chi connectivity index (χ3v) is 3.44. The molecule has 5 heteroatoms. The van der Waals surface area contributed by atoms with Crippen molar-refractivity contribution >= 4 is 10.2 Å². The minimum atomic E-state index is -4.36. The monoisotopic (exact) mass is 208 g/mol. The van der Waals surface area contributed by atoms with Crippen LogP contribution in [-0.2, 0) is 15.0 Å². The van der Waals surface area contributed by atoms with Crippen molar-refractivity contribution in [3.63, 3.8) is 0 Å². The van der Waals surface area contributed by atoms with Crippen LogP contribution in [0.2, 0.25) is 0 Å². The summed E-state index contributed by atoms with van der Waals surface area (Å²) in [7, 11) is -4.36. The van der Waals surface area contributed by atoms with Gasteiger partial charge < -0.3 is 4.74 Å². The first kappa shape index (κ1) is 9.40. The molecule has 2 atom stereocenters. The normalized spacial score (nSPS) is 35.2. The number of rotatable bonds is 3. The maximum Gasteiger partial charge on any atom is 0.304 e. The molecule has 0 amide bonds. The maximum atomic E-state index is 12.3. The summed E-state index contributed by atoms with van der Waals surface area (Å²) >= 11 is 0. The van der Waals surface area contributed by atoms with E-state index in [1.165, 1.54) is 12.8 Å². The molecule has 0 radical (unpaired) electrons. The molecule has 3 nitrogen and oxygen atoms in total. The van der Waals surface area contributed by atoms with E-state index in [2.05, 4.69) is 0 Å². The van der Waals surface area contributed by atoms with Crippen LogP contribution in [0.1, 0.15) is 25.7 Å². The molecule has 0 bridgehead atoms. The average molecular weight is 208 g/mol. The molecular formula is C8H13FO3S. The molecule has 0 spiro atoms. The second-order valence-electron chi connectivity index (χ2n) is 3.92. The van der Waals surface area contributed by atoms with Gasteiger partial charge in [-0.3, -0.25) is 0 Å². The largest absolute Gasteiger partial charge is 0.374 e. The predicted molar refractivity (Wildman–Crippen MR) is 45.5 cm³/mol. The van der Waals surface area contributed by atoms with Gasteiger partial charge in [0.1, 0.15) is 5.75 Å². The summed E-state index contributed by atoms with van der Waals surface area (Å²) in [5.74, 6) is 0.156. The van der Waals surface area contributed by atoms with Crippen LogP contribution in [-0.4, -0.2) is 26.4 Å². The van der Waals surface area contributed by atoms with E-state index >= 15 is 0 Å². The second-order valence-corrected chi connectivity index (χ2v) is 5.33. The van der Waals surface area contributed by atoms with Gasteiger partial charge in [-0.05, 0) is 31.6 Å². The predicted octanol–water partition coefficient (Wildman–Crippen LogP) is 1.24. The van der Waals surface area contributed by atoms with Gasteiger partial charge in [-0.25, -0.2) is 0 Å². The minimum Gasteiger partial charge on any atom is -0.374 e. The lowest BCUT2D eigenvalue weighted by Crippen LogP contribution is -2.19. The maximum absolute atomic E-state index is 12.3. The van der Waals surface area contributed by atoms with Gasteiger partial charge in [-0.2, -0.15) is 8.42 Å². The van der Waals surface area contributed by atoms with E-state index in [1.54, 1.807) is 0 Å². The van der Waals surface area contributed by atoms with Crippen molar-refractivity contribution in [1.29, 1.82) is 0 Å². The first-order valence-corrected chi connectivity index (χ1v) is 6.17. The SMILES string of the molecule is O=S(=O)(F)CC1CCC(C2CC2)O1. The minimum absolute atomic E-state index is 0.201. The Bertz CT molecular complexity index is 284. The van der Waals surface area contributed by atoms with Crippen LogP contribution in [0, 0.1) is 5.92 Å². The number of hydrogen-bond donors (Lipinski definition) is 0. The molecule has 2 unspecified atom stereocenters. The van der Waals surface area contributed by atoms with Crippen molar-refractivity contribution in [2.75, 3.05) is 5.75 Å². The van der Waals surface area contributed by atoms with Gasteiger partial charge in [-0.15, -0.1) is 3.89 Å². The highest BCUT2D eigenvalue weighted by Gasteiger charge is 2.38. The van der Waals surface area contributed by atoms with Crippen molar-refractivity contribution in [3.05, 3.63) is 0 Å². The van der Waals surface area contributed by atoms with Crippen LogP contribution in [0.3, 0.4) is 0 Å². The number of hydrogen-bond acceptors (Lipinski definition) is 3. The first-order chi connectivity index (χ1) is 6.04. The van der Waals surface area contributed by atoms with E-state index in [-0.39, 0.29) is 6.10 Å². The zero-order valence-electron chi connectivity index (χ0n) is 7.28. The van der Waals surface area contributed by atoms with Crippen molar-refractivity contribution in [3.8, 4) is 0 Å². The second kappa shape index (κ2) is 3.20. The lowest BCUT2D eigenvalue weighted by atomic mass is 10.1. The molecule has 76 valence electrons. The van der Waals surface area contributed by atoms with Crippen LogP contribution < -0.4 is 0 Å². The molecule has 1 aliphatic carbocycles. The first-order valence-electron chi connectivity index (χ1n) is 4.62. The summed E-state index contributed by atoms with van der Waals surface area (Å²) in [5, 5.41) is 0. The van der Waals surface area contributed by atoms with E-state index in [0.717, 1.165) is 6.42 Å².